The van der Waals surface area contributed by atoms with Crippen LogP contribution in [0.25, 0.3) is 0 Å². The first-order chi connectivity index (χ1) is 10.1. The van der Waals surface area contributed by atoms with Gasteiger partial charge in [-0.05, 0) is 62.2 Å². The van der Waals surface area contributed by atoms with Crippen LogP contribution in [0.1, 0.15) is 32.5 Å². The number of halogens is 1. The fraction of sp³-hybridized carbons (Fsp3) is 0.412. The van der Waals surface area contributed by atoms with Gasteiger partial charge in [-0.15, -0.1) is 11.3 Å². The zero-order valence-electron chi connectivity index (χ0n) is 12.6. The lowest BCUT2D eigenvalue weighted by Gasteiger charge is -2.17. The molecule has 112 valence electrons. The lowest BCUT2D eigenvalue weighted by Crippen LogP contribution is -2.18. The lowest BCUT2D eigenvalue weighted by atomic mass is 10.0. The summed E-state index contributed by atoms with van der Waals surface area (Å²) < 4.78 is 7.00. The van der Waals surface area contributed by atoms with Crippen molar-refractivity contribution in [2.75, 3.05) is 13.7 Å². The van der Waals surface area contributed by atoms with E-state index in [9.17, 15) is 0 Å². The van der Waals surface area contributed by atoms with Gasteiger partial charge in [-0.1, -0.05) is 15.9 Å². The standard InChI is InChI=1S/C17H20BrNOS/c1-10-6-16(21-11(10)2)15(19-3)9-13-8-14(18)7-12-4-5-20-17(12)13/h6-8,15,19H,4-5,9H2,1-3H3. The highest BCUT2D eigenvalue weighted by atomic mass is 79.9. The van der Waals surface area contributed by atoms with E-state index in [1.165, 1.54) is 26.4 Å². The zero-order valence-corrected chi connectivity index (χ0v) is 15.0. The van der Waals surface area contributed by atoms with Gasteiger partial charge in [-0.2, -0.15) is 0 Å². The summed E-state index contributed by atoms with van der Waals surface area (Å²) in [6, 6.07) is 7.02. The van der Waals surface area contributed by atoms with E-state index in [4.69, 9.17) is 4.74 Å². The molecule has 2 heterocycles. The number of thiophene rings is 1. The SMILES string of the molecule is CNC(Cc1cc(Br)cc2c1OCC2)c1cc(C)c(C)s1. The molecule has 0 spiro atoms. The molecule has 1 aromatic heterocycles. The minimum Gasteiger partial charge on any atom is -0.493 e. The number of benzene rings is 1. The van der Waals surface area contributed by atoms with E-state index >= 15 is 0 Å². The maximum absolute atomic E-state index is 5.85. The van der Waals surface area contributed by atoms with Gasteiger partial charge in [0.25, 0.3) is 0 Å². The molecule has 3 rings (SSSR count). The number of aryl methyl sites for hydroxylation is 2. The Labute approximate surface area is 138 Å². The van der Waals surface area contributed by atoms with Gasteiger partial charge < -0.3 is 10.1 Å². The van der Waals surface area contributed by atoms with Crippen LogP contribution in [0.2, 0.25) is 0 Å². The average molecular weight is 366 g/mol. The Kier molecular flexibility index (Phi) is 4.38. The molecule has 0 fully saturated rings. The van der Waals surface area contributed by atoms with Gasteiger partial charge in [0, 0.05) is 26.7 Å². The van der Waals surface area contributed by atoms with E-state index in [1.807, 2.05) is 18.4 Å². The predicted octanol–water partition coefficient (Wildman–Crippen LogP) is 4.57. The molecule has 1 unspecified atom stereocenters. The lowest BCUT2D eigenvalue weighted by molar-refractivity contribution is 0.352. The first-order valence-corrected chi connectivity index (χ1v) is 8.87. The Hall–Kier alpha value is -0.840. The minimum absolute atomic E-state index is 0.338. The molecule has 0 bridgehead atoms. The van der Waals surface area contributed by atoms with Crippen molar-refractivity contribution in [1.82, 2.24) is 5.32 Å². The van der Waals surface area contributed by atoms with Crippen molar-refractivity contribution in [2.24, 2.45) is 0 Å². The Balaban J connectivity index is 1.91. The van der Waals surface area contributed by atoms with Crippen LogP contribution in [0, 0.1) is 13.8 Å². The molecule has 1 atom stereocenters. The van der Waals surface area contributed by atoms with Crippen molar-refractivity contribution in [1.29, 1.82) is 0 Å². The van der Waals surface area contributed by atoms with Crippen molar-refractivity contribution < 1.29 is 4.74 Å². The second kappa shape index (κ2) is 6.11. The quantitative estimate of drug-likeness (QED) is 0.856. The highest BCUT2D eigenvalue weighted by molar-refractivity contribution is 9.10. The maximum atomic E-state index is 5.85. The molecule has 1 aliphatic rings. The number of rotatable bonds is 4. The second-order valence-electron chi connectivity index (χ2n) is 5.58. The third-order valence-electron chi connectivity index (χ3n) is 4.13. The van der Waals surface area contributed by atoms with Gasteiger partial charge >= 0.3 is 0 Å². The smallest absolute Gasteiger partial charge is 0.125 e. The number of hydrogen-bond donors (Lipinski definition) is 1. The predicted molar refractivity (Wildman–Crippen MR) is 92.6 cm³/mol. The zero-order chi connectivity index (χ0) is 15.0. The molecule has 0 amide bonds. The average Bonchev–Trinajstić information content (AvgIpc) is 3.03. The van der Waals surface area contributed by atoms with Crippen molar-refractivity contribution in [3.63, 3.8) is 0 Å². The Bertz CT molecular complexity index is 646. The van der Waals surface area contributed by atoms with Gasteiger partial charge in [0.1, 0.15) is 5.75 Å². The van der Waals surface area contributed by atoms with E-state index in [1.54, 1.807) is 0 Å². The molecule has 21 heavy (non-hydrogen) atoms. The molecule has 0 saturated heterocycles. The first-order valence-electron chi connectivity index (χ1n) is 7.26. The topological polar surface area (TPSA) is 21.3 Å². The molecular weight excluding hydrogens is 346 g/mol. The fourth-order valence-electron chi connectivity index (χ4n) is 2.84. The molecule has 1 aliphatic heterocycles. The summed E-state index contributed by atoms with van der Waals surface area (Å²) in [5.74, 6) is 1.10. The van der Waals surface area contributed by atoms with Crippen molar-refractivity contribution in [3.05, 3.63) is 49.1 Å². The van der Waals surface area contributed by atoms with Crippen LogP contribution < -0.4 is 10.1 Å². The van der Waals surface area contributed by atoms with Crippen molar-refractivity contribution >= 4 is 27.3 Å². The van der Waals surface area contributed by atoms with E-state index in [0.29, 0.717) is 6.04 Å². The van der Waals surface area contributed by atoms with Crippen molar-refractivity contribution in [3.8, 4) is 5.75 Å². The summed E-state index contributed by atoms with van der Waals surface area (Å²) in [7, 11) is 2.04. The highest BCUT2D eigenvalue weighted by Crippen LogP contribution is 2.36. The van der Waals surface area contributed by atoms with Gasteiger partial charge in [-0.3, -0.25) is 0 Å². The Morgan fingerprint density at radius 3 is 2.81 bits per heavy atom. The van der Waals surface area contributed by atoms with Gasteiger partial charge in [-0.25, -0.2) is 0 Å². The summed E-state index contributed by atoms with van der Waals surface area (Å²) in [6.07, 6.45) is 1.97. The fourth-order valence-corrected chi connectivity index (χ4v) is 4.54. The molecule has 1 aromatic carbocycles. The largest absolute Gasteiger partial charge is 0.493 e. The van der Waals surface area contributed by atoms with E-state index in [2.05, 4.69) is 53.3 Å². The number of likely N-dealkylation sites (N-methyl/N-ethyl adjacent to an activating group) is 1. The third kappa shape index (κ3) is 3.03. The van der Waals surface area contributed by atoms with Crippen LogP contribution >= 0.6 is 27.3 Å². The normalized spacial score (nSPS) is 14.9. The Morgan fingerprint density at radius 2 is 2.14 bits per heavy atom. The summed E-state index contributed by atoms with van der Waals surface area (Å²) >= 11 is 5.51. The van der Waals surface area contributed by atoms with Gasteiger partial charge in [0.05, 0.1) is 6.61 Å². The van der Waals surface area contributed by atoms with Crippen LogP contribution in [0.5, 0.6) is 5.75 Å². The monoisotopic (exact) mass is 365 g/mol. The number of ether oxygens (including phenoxy) is 1. The van der Waals surface area contributed by atoms with Crippen LogP contribution in [0.3, 0.4) is 0 Å². The molecule has 1 N–H and O–H groups in total. The van der Waals surface area contributed by atoms with E-state index < -0.39 is 0 Å². The first kappa shape index (κ1) is 15.1. The summed E-state index contributed by atoms with van der Waals surface area (Å²) in [5, 5.41) is 3.46. The highest BCUT2D eigenvalue weighted by Gasteiger charge is 2.21. The van der Waals surface area contributed by atoms with Gasteiger partial charge in [0.15, 0.2) is 0 Å². The number of hydrogen-bond acceptors (Lipinski definition) is 3. The molecule has 0 aliphatic carbocycles. The van der Waals surface area contributed by atoms with Crippen LogP contribution in [-0.2, 0) is 12.8 Å². The molecule has 0 saturated carbocycles. The number of nitrogens with one attached hydrogen (secondary N) is 1. The van der Waals surface area contributed by atoms with Gasteiger partial charge in [0.2, 0.25) is 0 Å². The molecule has 4 heteroatoms. The molecule has 2 aromatic rings. The van der Waals surface area contributed by atoms with Crippen LogP contribution in [-0.4, -0.2) is 13.7 Å². The molecule has 2 nitrogen and oxygen atoms in total. The number of fused-ring (bicyclic) bond motifs is 1. The van der Waals surface area contributed by atoms with E-state index in [-0.39, 0.29) is 0 Å². The van der Waals surface area contributed by atoms with Crippen molar-refractivity contribution in [2.45, 2.75) is 32.7 Å². The molecule has 0 radical (unpaired) electrons. The third-order valence-corrected chi connectivity index (χ3v) is 5.85. The van der Waals surface area contributed by atoms with Crippen LogP contribution in [0.4, 0.5) is 0 Å². The van der Waals surface area contributed by atoms with Crippen LogP contribution in [0.15, 0.2) is 22.7 Å². The van der Waals surface area contributed by atoms with E-state index in [0.717, 1.165) is 29.7 Å². The summed E-state index contributed by atoms with van der Waals surface area (Å²) in [4.78, 5) is 2.81. The summed E-state index contributed by atoms with van der Waals surface area (Å²) in [6.45, 7) is 5.18. The summed E-state index contributed by atoms with van der Waals surface area (Å²) in [5.41, 5.74) is 4.00. The Morgan fingerprint density at radius 1 is 1.33 bits per heavy atom. The molecular formula is C17H20BrNOS. The second-order valence-corrected chi connectivity index (χ2v) is 7.79. The maximum Gasteiger partial charge on any atom is 0.125 e. The minimum atomic E-state index is 0.338.